The van der Waals surface area contributed by atoms with Crippen molar-refractivity contribution in [1.29, 1.82) is 0 Å². The predicted molar refractivity (Wildman–Crippen MR) is 133 cm³/mol. The number of nitrogens with zero attached hydrogens (tertiary/aromatic N) is 3. The number of rotatable bonds is 6. The number of carbonyl (C=O) groups is 1. The monoisotopic (exact) mass is 553 g/mol. The van der Waals surface area contributed by atoms with E-state index in [0.717, 1.165) is 12.3 Å². The molecule has 0 saturated carbocycles. The average Bonchev–Trinajstić information content (AvgIpc) is 3.03. The normalized spacial score (nSPS) is 13.5. The summed E-state index contributed by atoms with van der Waals surface area (Å²) in [6.45, 7) is 1.43. The molecule has 4 rings (SSSR count). The van der Waals surface area contributed by atoms with E-state index in [-0.39, 0.29) is 44.1 Å². The molecule has 0 aliphatic rings. The second-order valence-electron chi connectivity index (χ2n) is 8.56. The fraction of sp³-hybridized carbons (Fsp3) is 0.240. The fourth-order valence-corrected chi connectivity index (χ4v) is 4.88. The van der Waals surface area contributed by atoms with Crippen LogP contribution in [0.25, 0.3) is 11.0 Å². The first kappa shape index (κ1) is 26.6. The van der Waals surface area contributed by atoms with Gasteiger partial charge in [0.15, 0.2) is 0 Å². The van der Waals surface area contributed by atoms with Gasteiger partial charge in [-0.15, -0.1) is 0 Å². The zero-order chi connectivity index (χ0) is 27.2. The van der Waals surface area contributed by atoms with Gasteiger partial charge in [0.2, 0.25) is 5.88 Å². The average molecular weight is 554 g/mol. The van der Waals surface area contributed by atoms with Crippen LogP contribution in [-0.2, 0) is 14.1 Å². The predicted octanol–water partition coefficient (Wildman–Crippen LogP) is 6.52. The van der Waals surface area contributed by atoms with Crippen LogP contribution in [0.5, 0.6) is 11.6 Å². The molecule has 0 bridgehead atoms. The van der Waals surface area contributed by atoms with E-state index in [0.29, 0.717) is 11.0 Å². The number of ether oxygens (including phenoxy) is 1. The Kier molecular flexibility index (Phi) is 7.00. The van der Waals surface area contributed by atoms with Crippen LogP contribution in [0.15, 0.2) is 53.5 Å². The molecule has 0 spiro atoms. The van der Waals surface area contributed by atoms with E-state index >= 15 is 0 Å². The first-order chi connectivity index (χ1) is 17.3. The van der Waals surface area contributed by atoms with Crippen LogP contribution in [0.2, 0.25) is 10.0 Å². The number of aryl methyl sites for hydroxylation is 2. The zero-order valence-corrected chi connectivity index (χ0v) is 21.2. The summed E-state index contributed by atoms with van der Waals surface area (Å²) in [5.41, 5.74) is 0.673. The molecule has 2 heterocycles. The Morgan fingerprint density at radius 3 is 2.30 bits per heavy atom. The number of benzene rings is 2. The summed E-state index contributed by atoms with van der Waals surface area (Å²) in [7, 11) is 3.06. The molecule has 2 unspecified atom stereocenters. The van der Waals surface area contributed by atoms with Crippen molar-refractivity contribution in [2.24, 2.45) is 14.1 Å². The quantitative estimate of drug-likeness (QED) is 0.293. The van der Waals surface area contributed by atoms with Crippen LogP contribution in [0, 0.1) is 0 Å². The lowest BCUT2D eigenvalue weighted by molar-refractivity contribution is -0.154. The van der Waals surface area contributed by atoms with Gasteiger partial charge in [0.1, 0.15) is 10.8 Å². The summed E-state index contributed by atoms with van der Waals surface area (Å²) in [6.07, 6.45) is -3.54. The number of hydrogen-bond donors (Lipinski definition) is 1. The number of pyridine rings is 1. The largest absolute Gasteiger partial charge is 0.478 e. The van der Waals surface area contributed by atoms with Gasteiger partial charge in [0.25, 0.3) is 0 Å². The van der Waals surface area contributed by atoms with E-state index in [1.807, 2.05) is 0 Å². The number of alkyl halides is 3. The summed E-state index contributed by atoms with van der Waals surface area (Å²) < 4.78 is 51.3. The van der Waals surface area contributed by atoms with Crippen molar-refractivity contribution in [3.05, 3.63) is 85.9 Å². The SMILES string of the molecule is CC(c1ccc(Oc2ncc(C(=O)O)cc2Cl)cc1Cl)C(c1ccc2c(c1)n(C)c(=O)n2C)C(F)(F)F. The molecule has 0 amide bonds. The minimum Gasteiger partial charge on any atom is -0.478 e. The minimum atomic E-state index is -4.61. The third-order valence-corrected chi connectivity index (χ3v) is 6.84. The molecular weight excluding hydrogens is 534 g/mol. The maximum absolute atomic E-state index is 14.4. The van der Waals surface area contributed by atoms with Gasteiger partial charge < -0.3 is 9.84 Å². The van der Waals surface area contributed by atoms with Crippen molar-refractivity contribution < 1.29 is 27.8 Å². The smallest absolute Gasteiger partial charge is 0.396 e. The number of aromatic carboxylic acids is 1. The molecule has 1 N–H and O–H groups in total. The molecule has 7 nitrogen and oxygen atoms in total. The van der Waals surface area contributed by atoms with Crippen molar-refractivity contribution in [3.63, 3.8) is 0 Å². The van der Waals surface area contributed by atoms with E-state index in [1.54, 1.807) is 7.05 Å². The number of carboxylic acids is 1. The molecule has 2 aromatic carbocycles. The Morgan fingerprint density at radius 1 is 1.03 bits per heavy atom. The summed E-state index contributed by atoms with van der Waals surface area (Å²) >= 11 is 12.4. The number of fused-ring (bicyclic) bond motifs is 1. The van der Waals surface area contributed by atoms with Gasteiger partial charge in [-0.3, -0.25) is 9.13 Å². The highest BCUT2D eigenvalue weighted by atomic mass is 35.5. The molecule has 4 aromatic rings. The maximum atomic E-state index is 14.4. The molecule has 2 atom stereocenters. The Balaban J connectivity index is 1.68. The first-order valence-electron chi connectivity index (χ1n) is 10.9. The van der Waals surface area contributed by atoms with Crippen LogP contribution in [0.4, 0.5) is 13.2 Å². The number of aromatic nitrogens is 3. The van der Waals surface area contributed by atoms with E-state index in [1.165, 1.54) is 59.5 Å². The van der Waals surface area contributed by atoms with Crippen molar-refractivity contribution in [1.82, 2.24) is 14.1 Å². The van der Waals surface area contributed by atoms with Crippen LogP contribution < -0.4 is 10.4 Å². The van der Waals surface area contributed by atoms with Gasteiger partial charge in [-0.1, -0.05) is 42.3 Å². The number of halogens is 5. The Bertz CT molecular complexity index is 1580. The van der Waals surface area contributed by atoms with E-state index in [4.69, 9.17) is 33.0 Å². The molecular formula is C25H20Cl2F3N3O4. The fourth-order valence-electron chi connectivity index (χ4n) is 4.33. The van der Waals surface area contributed by atoms with Gasteiger partial charge in [-0.25, -0.2) is 14.6 Å². The highest BCUT2D eigenvalue weighted by molar-refractivity contribution is 6.32. The van der Waals surface area contributed by atoms with Gasteiger partial charge in [0, 0.05) is 25.3 Å². The molecule has 2 aromatic heterocycles. The zero-order valence-electron chi connectivity index (χ0n) is 19.7. The Hall–Kier alpha value is -3.50. The summed E-state index contributed by atoms with van der Waals surface area (Å²) in [4.78, 5) is 27.1. The third-order valence-electron chi connectivity index (χ3n) is 6.24. The van der Waals surface area contributed by atoms with Gasteiger partial charge in [0.05, 0.1) is 22.5 Å². The molecule has 0 aliphatic heterocycles. The number of carboxylic acid groups (broad SMARTS) is 1. The molecule has 0 aliphatic carbocycles. The topological polar surface area (TPSA) is 86.3 Å². The first-order valence-corrected chi connectivity index (χ1v) is 11.6. The van der Waals surface area contributed by atoms with Crippen LogP contribution in [-0.4, -0.2) is 31.4 Å². The Morgan fingerprint density at radius 2 is 1.70 bits per heavy atom. The van der Waals surface area contributed by atoms with Crippen molar-refractivity contribution >= 4 is 40.2 Å². The Labute approximate surface area is 218 Å². The highest BCUT2D eigenvalue weighted by Gasteiger charge is 2.45. The van der Waals surface area contributed by atoms with Crippen molar-refractivity contribution in [2.45, 2.75) is 24.9 Å². The van der Waals surface area contributed by atoms with Gasteiger partial charge in [-0.2, -0.15) is 13.2 Å². The lowest BCUT2D eigenvalue weighted by atomic mass is 9.82. The van der Waals surface area contributed by atoms with Crippen molar-refractivity contribution in [2.75, 3.05) is 0 Å². The molecule has 0 radical (unpaired) electrons. The maximum Gasteiger partial charge on any atom is 0.396 e. The summed E-state index contributed by atoms with van der Waals surface area (Å²) in [5, 5.41) is 8.99. The molecule has 0 fully saturated rings. The number of hydrogen-bond acceptors (Lipinski definition) is 4. The lowest BCUT2D eigenvalue weighted by Gasteiger charge is -2.28. The van der Waals surface area contributed by atoms with Crippen LogP contribution in [0.3, 0.4) is 0 Å². The van der Waals surface area contributed by atoms with E-state index < -0.39 is 24.0 Å². The molecule has 12 heteroatoms. The van der Waals surface area contributed by atoms with Crippen LogP contribution >= 0.6 is 23.2 Å². The standard InChI is InChI=1S/C25H20Cl2F3N3O4/c1-12(21(25(28,29)30)13-4-7-19-20(9-13)33(3)24(36)32(19)2)16-6-5-15(10-17(16)26)37-22-18(27)8-14(11-31-22)23(34)35/h4-12,21H,1-3H3,(H,34,35). The van der Waals surface area contributed by atoms with Crippen molar-refractivity contribution in [3.8, 4) is 11.6 Å². The second-order valence-corrected chi connectivity index (χ2v) is 9.37. The number of imidazole rings is 1. The minimum absolute atomic E-state index is 0.000375. The molecule has 37 heavy (non-hydrogen) atoms. The van der Waals surface area contributed by atoms with Crippen LogP contribution in [0.1, 0.15) is 40.2 Å². The second kappa shape index (κ2) is 9.75. The summed E-state index contributed by atoms with van der Waals surface area (Å²) in [5.74, 6) is -4.14. The summed E-state index contributed by atoms with van der Waals surface area (Å²) in [6, 6.07) is 9.62. The van der Waals surface area contributed by atoms with E-state index in [2.05, 4.69) is 4.98 Å². The lowest BCUT2D eigenvalue weighted by Crippen LogP contribution is -2.26. The third kappa shape index (κ3) is 5.03. The van der Waals surface area contributed by atoms with Gasteiger partial charge in [-0.05, 0) is 47.4 Å². The van der Waals surface area contributed by atoms with E-state index in [9.17, 15) is 22.8 Å². The highest BCUT2D eigenvalue weighted by Crippen LogP contribution is 2.47. The van der Waals surface area contributed by atoms with Gasteiger partial charge >= 0.3 is 17.8 Å². The molecule has 194 valence electrons. The molecule has 0 saturated heterocycles.